The molecule has 3 aliphatic carbocycles. The van der Waals surface area contributed by atoms with Crippen molar-refractivity contribution in [1.82, 2.24) is 34.8 Å². The number of hydrogen-bond donors (Lipinski definition) is 3. The number of carbonyl (C=O) groups is 1. The summed E-state index contributed by atoms with van der Waals surface area (Å²) < 4.78 is 33.4. The largest absolute Gasteiger partial charge is 0.441 e. The number of hydrogen-bond acceptors (Lipinski definition) is 9. The number of alkyl carbamates (subject to hydrolysis) is 1. The minimum atomic E-state index is -1.51. The Bertz CT molecular complexity index is 1290. The first kappa shape index (κ1) is 22.9. The monoisotopic (exact) mass is 512 g/mol. The summed E-state index contributed by atoms with van der Waals surface area (Å²) in [4.78, 5) is 23.7. The molecule has 5 fully saturated rings. The van der Waals surface area contributed by atoms with E-state index < -0.39 is 24.5 Å². The second kappa shape index (κ2) is 8.92. The summed E-state index contributed by atoms with van der Waals surface area (Å²) in [7, 11) is 0. The molecule has 2 bridgehead atoms. The quantitative estimate of drug-likeness (QED) is 0.435. The normalized spacial score (nSPS) is 31.1. The lowest BCUT2D eigenvalue weighted by molar-refractivity contribution is -0.0528. The van der Waals surface area contributed by atoms with E-state index in [-0.39, 0.29) is 12.1 Å². The number of ether oxygens (including phenoxy) is 3. The maximum atomic E-state index is 15.1. The Kier molecular flexibility index (Phi) is 5.52. The highest BCUT2D eigenvalue weighted by Gasteiger charge is 2.58. The molecule has 37 heavy (non-hydrogen) atoms. The van der Waals surface area contributed by atoms with Crippen LogP contribution in [0.25, 0.3) is 5.65 Å². The van der Waals surface area contributed by atoms with Gasteiger partial charge in [0.25, 0.3) is 0 Å². The topological polar surface area (TPSA) is 131 Å². The molecule has 3 atom stereocenters. The highest BCUT2D eigenvalue weighted by Crippen LogP contribution is 2.57. The van der Waals surface area contributed by atoms with Gasteiger partial charge in [-0.15, -0.1) is 0 Å². The van der Waals surface area contributed by atoms with Gasteiger partial charge in [-0.25, -0.2) is 19.2 Å². The summed E-state index contributed by atoms with van der Waals surface area (Å²) in [5, 5.41) is 13.2. The van der Waals surface area contributed by atoms with Crippen LogP contribution >= 0.6 is 0 Å². The Morgan fingerprint density at radius 3 is 2.92 bits per heavy atom. The van der Waals surface area contributed by atoms with Crippen molar-refractivity contribution in [2.45, 2.75) is 49.7 Å². The molecule has 5 heterocycles. The molecule has 0 spiro atoms. The van der Waals surface area contributed by atoms with Gasteiger partial charge >= 0.3 is 6.09 Å². The SMILES string of the molecule is O=C(NC12CC(C1)C2)O[C@@H]1CO[C@H](c2cc(Nc3nccc4nc(CN5CCOCC5)cn34)n[nH]2)[C@H]1F. The van der Waals surface area contributed by atoms with Gasteiger partial charge in [0.2, 0.25) is 5.95 Å². The highest BCUT2D eigenvalue weighted by molar-refractivity contribution is 5.69. The lowest BCUT2D eigenvalue weighted by Gasteiger charge is -2.61. The van der Waals surface area contributed by atoms with E-state index in [1.54, 1.807) is 12.3 Å². The Morgan fingerprint density at radius 2 is 2.14 bits per heavy atom. The molecule has 2 aliphatic heterocycles. The first-order valence-corrected chi connectivity index (χ1v) is 12.7. The molecule has 0 unspecified atom stereocenters. The van der Waals surface area contributed by atoms with Crippen LogP contribution < -0.4 is 10.6 Å². The summed E-state index contributed by atoms with van der Waals surface area (Å²) in [6.45, 7) is 3.94. The summed E-state index contributed by atoms with van der Waals surface area (Å²) >= 11 is 0. The van der Waals surface area contributed by atoms with Gasteiger partial charge in [-0.1, -0.05) is 0 Å². The van der Waals surface area contributed by atoms with Crippen molar-refractivity contribution in [2.24, 2.45) is 5.92 Å². The molecule has 12 nitrogen and oxygen atoms in total. The summed E-state index contributed by atoms with van der Waals surface area (Å²) in [5.41, 5.74) is 2.03. The van der Waals surface area contributed by atoms with Gasteiger partial charge in [0.05, 0.1) is 31.2 Å². The predicted octanol–water partition coefficient (Wildman–Crippen LogP) is 2.08. The third-order valence-electron chi connectivity index (χ3n) is 7.81. The van der Waals surface area contributed by atoms with E-state index >= 15 is 4.39 Å². The first-order chi connectivity index (χ1) is 18.0. The Hall–Kier alpha value is -3.29. The highest BCUT2D eigenvalue weighted by atomic mass is 19.1. The van der Waals surface area contributed by atoms with Crippen molar-refractivity contribution in [1.29, 1.82) is 0 Å². The average molecular weight is 513 g/mol. The number of halogens is 1. The molecule has 2 saturated heterocycles. The molecule has 13 heteroatoms. The summed E-state index contributed by atoms with van der Waals surface area (Å²) in [5.74, 6) is 1.72. The number of alkyl halides is 1. The van der Waals surface area contributed by atoms with Crippen molar-refractivity contribution in [3.05, 3.63) is 35.9 Å². The lowest BCUT2D eigenvalue weighted by atomic mass is 9.50. The van der Waals surface area contributed by atoms with E-state index in [0.717, 1.165) is 69.4 Å². The number of aromatic amines is 1. The van der Waals surface area contributed by atoms with E-state index in [1.165, 1.54) is 0 Å². The predicted molar refractivity (Wildman–Crippen MR) is 128 cm³/mol. The number of amides is 1. The van der Waals surface area contributed by atoms with Crippen LogP contribution in [0.4, 0.5) is 21.0 Å². The molecule has 3 aromatic heterocycles. The van der Waals surface area contributed by atoms with Gasteiger partial charge in [-0.05, 0) is 31.2 Å². The number of carbonyl (C=O) groups excluding carboxylic acids is 1. The molecule has 196 valence electrons. The standard InChI is InChI=1S/C24H29FN8O4/c25-20-17(37-23(34)29-24-8-14(9-24)10-24)13-36-21(20)16-7-18(31-30-16)28-22-26-2-1-19-27-15(12-33(19)22)11-32-3-5-35-6-4-32/h1-2,7,12,14,17,20-21H,3-6,8-11,13H2,(H,29,34)(H2,26,28,30,31)/t14?,17-,20+,21-,24?/m1/s1. The lowest BCUT2D eigenvalue weighted by Crippen LogP contribution is -2.68. The molecule has 0 aromatic carbocycles. The Morgan fingerprint density at radius 1 is 1.30 bits per heavy atom. The maximum Gasteiger partial charge on any atom is 0.408 e. The third-order valence-corrected chi connectivity index (χ3v) is 7.81. The van der Waals surface area contributed by atoms with Gasteiger partial charge in [-0.2, -0.15) is 5.10 Å². The van der Waals surface area contributed by atoms with Gasteiger partial charge in [0.1, 0.15) is 11.8 Å². The average Bonchev–Trinajstić information content (AvgIpc) is 3.56. The van der Waals surface area contributed by atoms with Crippen LogP contribution in [0.2, 0.25) is 0 Å². The van der Waals surface area contributed by atoms with Crippen LogP contribution in [0.15, 0.2) is 24.5 Å². The fourth-order valence-corrected chi connectivity index (χ4v) is 5.74. The summed E-state index contributed by atoms with van der Waals surface area (Å²) in [6, 6.07) is 3.52. The zero-order chi connectivity index (χ0) is 25.0. The number of fused-ring (bicyclic) bond motifs is 1. The van der Waals surface area contributed by atoms with E-state index in [9.17, 15) is 4.79 Å². The summed E-state index contributed by atoms with van der Waals surface area (Å²) in [6.07, 6.45) is 2.64. The fraction of sp³-hybridized carbons (Fsp3) is 0.583. The molecule has 1 amide bonds. The van der Waals surface area contributed by atoms with Crippen molar-refractivity contribution >= 4 is 23.5 Å². The molecule has 3 aromatic rings. The second-order valence-corrected chi connectivity index (χ2v) is 10.5. The fourth-order valence-electron chi connectivity index (χ4n) is 5.74. The number of aromatic nitrogens is 5. The number of nitrogens with zero attached hydrogens (tertiary/aromatic N) is 5. The Balaban J connectivity index is 0.996. The number of rotatable bonds is 7. The van der Waals surface area contributed by atoms with Crippen molar-refractivity contribution in [3.63, 3.8) is 0 Å². The van der Waals surface area contributed by atoms with Crippen LogP contribution in [-0.4, -0.2) is 86.3 Å². The van der Waals surface area contributed by atoms with Gasteiger partial charge < -0.3 is 24.8 Å². The number of anilines is 2. The van der Waals surface area contributed by atoms with Gasteiger partial charge in [-0.3, -0.25) is 14.4 Å². The minimum absolute atomic E-state index is 0.0154. The van der Waals surface area contributed by atoms with Crippen molar-refractivity contribution < 1.29 is 23.4 Å². The smallest absolute Gasteiger partial charge is 0.408 e. The van der Waals surface area contributed by atoms with Crippen molar-refractivity contribution in [2.75, 3.05) is 38.2 Å². The number of morpholine rings is 1. The molecule has 3 saturated carbocycles. The molecule has 5 aliphatic rings. The minimum Gasteiger partial charge on any atom is -0.441 e. The zero-order valence-electron chi connectivity index (χ0n) is 20.2. The van der Waals surface area contributed by atoms with E-state index in [4.69, 9.17) is 19.2 Å². The second-order valence-electron chi connectivity index (χ2n) is 10.5. The molecule has 3 N–H and O–H groups in total. The van der Waals surface area contributed by atoms with Crippen LogP contribution in [-0.2, 0) is 20.8 Å². The molecular formula is C24H29FN8O4. The molecule has 8 rings (SSSR count). The van der Waals surface area contributed by atoms with Crippen molar-refractivity contribution in [3.8, 4) is 0 Å². The van der Waals surface area contributed by atoms with Crippen LogP contribution in [0, 0.1) is 5.92 Å². The Labute approximate surface area is 211 Å². The van der Waals surface area contributed by atoms with E-state index in [0.29, 0.717) is 17.5 Å². The van der Waals surface area contributed by atoms with Gasteiger partial charge in [0.15, 0.2) is 18.1 Å². The maximum absolute atomic E-state index is 15.1. The van der Waals surface area contributed by atoms with Crippen LogP contribution in [0.3, 0.4) is 0 Å². The van der Waals surface area contributed by atoms with E-state index in [2.05, 4.69) is 30.7 Å². The first-order valence-electron chi connectivity index (χ1n) is 12.7. The van der Waals surface area contributed by atoms with E-state index in [1.807, 2.05) is 16.7 Å². The van der Waals surface area contributed by atoms with Crippen LogP contribution in [0.5, 0.6) is 0 Å². The number of nitrogens with one attached hydrogen (secondary N) is 3. The molecular weight excluding hydrogens is 483 g/mol. The zero-order valence-corrected chi connectivity index (χ0v) is 20.2. The number of H-pyrrole nitrogens is 1. The molecule has 0 radical (unpaired) electrons. The third kappa shape index (κ3) is 4.30. The van der Waals surface area contributed by atoms with Gasteiger partial charge in [0, 0.05) is 43.6 Å². The number of imidazole rings is 1. The van der Waals surface area contributed by atoms with Crippen LogP contribution in [0.1, 0.15) is 36.8 Å².